The minimum absolute atomic E-state index is 0.358. The quantitative estimate of drug-likeness (QED) is 0.649. The Bertz CT molecular complexity index is 246. The van der Waals surface area contributed by atoms with Gasteiger partial charge in [-0.2, -0.15) is 5.10 Å². The van der Waals surface area contributed by atoms with Crippen molar-refractivity contribution in [1.82, 2.24) is 14.8 Å². The van der Waals surface area contributed by atoms with Gasteiger partial charge >= 0.3 is 0 Å². The van der Waals surface area contributed by atoms with E-state index in [0.717, 1.165) is 26.0 Å². The van der Waals surface area contributed by atoms with E-state index in [0.29, 0.717) is 12.0 Å². The van der Waals surface area contributed by atoms with E-state index in [-0.39, 0.29) is 0 Å². The summed E-state index contributed by atoms with van der Waals surface area (Å²) in [5, 5.41) is 4.04. The molecular weight excluding hydrogens is 190 g/mol. The second-order valence-corrected chi connectivity index (χ2v) is 4.19. The molecule has 0 fully saturated rings. The van der Waals surface area contributed by atoms with Crippen molar-refractivity contribution in [2.45, 2.75) is 46.3 Å². The number of hydrogen-bond donors (Lipinski definition) is 0. The zero-order chi connectivity index (χ0) is 11.1. The van der Waals surface area contributed by atoms with E-state index >= 15 is 0 Å². The fourth-order valence-electron chi connectivity index (χ4n) is 1.19. The predicted octanol–water partition coefficient (Wildman–Crippen LogP) is 2.12. The lowest BCUT2D eigenvalue weighted by Crippen LogP contribution is -2.16. The first-order valence-electron chi connectivity index (χ1n) is 5.64. The van der Waals surface area contributed by atoms with Crippen LogP contribution in [0, 0.1) is 5.92 Å². The Morgan fingerprint density at radius 1 is 1.27 bits per heavy atom. The van der Waals surface area contributed by atoms with Gasteiger partial charge in [-0.25, -0.2) is 4.98 Å². The van der Waals surface area contributed by atoms with Gasteiger partial charge in [0, 0.05) is 13.2 Å². The molecule has 0 bridgehead atoms. The number of rotatable bonds is 7. The zero-order valence-electron chi connectivity index (χ0n) is 9.89. The van der Waals surface area contributed by atoms with Crippen LogP contribution in [0.3, 0.4) is 0 Å². The minimum atomic E-state index is 0.358. The van der Waals surface area contributed by atoms with Crippen LogP contribution in [0.2, 0.25) is 0 Å². The fourth-order valence-corrected chi connectivity index (χ4v) is 1.19. The van der Waals surface area contributed by atoms with Crippen LogP contribution in [0.5, 0.6) is 0 Å². The van der Waals surface area contributed by atoms with Crippen LogP contribution in [-0.4, -0.2) is 27.5 Å². The SMILES string of the molecule is CC(C)[C@@H](C)OCCCCn1cncn1. The predicted molar refractivity (Wildman–Crippen MR) is 59.5 cm³/mol. The first-order chi connectivity index (χ1) is 7.20. The summed E-state index contributed by atoms with van der Waals surface area (Å²) in [6, 6.07) is 0. The average Bonchev–Trinajstić information content (AvgIpc) is 2.69. The molecule has 4 nitrogen and oxygen atoms in total. The molecule has 1 aromatic heterocycles. The van der Waals surface area contributed by atoms with Crippen LogP contribution in [0.25, 0.3) is 0 Å². The molecule has 1 heterocycles. The van der Waals surface area contributed by atoms with Crippen molar-refractivity contribution in [2.24, 2.45) is 5.92 Å². The summed E-state index contributed by atoms with van der Waals surface area (Å²) in [6.07, 6.45) is 5.84. The highest BCUT2D eigenvalue weighted by atomic mass is 16.5. The molecule has 0 amide bonds. The Morgan fingerprint density at radius 3 is 2.67 bits per heavy atom. The van der Waals surface area contributed by atoms with Crippen LogP contribution >= 0.6 is 0 Å². The van der Waals surface area contributed by atoms with Crippen LogP contribution in [0.15, 0.2) is 12.7 Å². The molecule has 0 aliphatic heterocycles. The summed E-state index contributed by atoms with van der Waals surface area (Å²) in [5.41, 5.74) is 0. The zero-order valence-corrected chi connectivity index (χ0v) is 9.89. The summed E-state index contributed by atoms with van der Waals surface area (Å²) in [4.78, 5) is 3.89. The average molecular weight is 211 g/mol. The molecule has 0 unspecified atom stereocenters. The summed E-state index contributed by atoms with van der Waals surface area (Å²) in [5.74, 6) is 0.598. The van der Waals surface area contributed by atoms with Crippen LogP contribution in [0.4, 0.5) is 0 Å². The van der Waals surface area contributed by atoms with E-state index in [9.17, 15) is 0 Å². The highest BCUT2D eigenvalue weighted by Gasteiger charge is 2.05. The topological polar surface area (TPSA) is 39.9 Å². The molecule has 1 aromatic rings. The number of unbranched alkanes of at least 4 members (excludes halogenated alkanes) is 1. The summed E-state index contributed by atoms with van der Waals surface area (Å²) in [6.45, 7) is 8.26. The van der Waals surface area contributed by atoms with E-state index in [1.807, 2.05) is 4.68 Å². The fraction of sp³-hybridized carbons (Fsp3) is 0.818. The van der Waals surface area contributed by atoms with Crippen molar-refractivity contribution >= 4 is 0 Å². The molecule has 1 atom stereocenters. The normalized spacial score (nSPS) is 13.3. The first-order valence-corrected chi connectivity index (χ1v) is 5.64. The molecule has 0 aliphatic carbocycles. The van der Waals surface area contributed by atoms with Gasteiger partial charge in [0.2, 0.25) is 0 Å². The monoisotopic (exact) mass is 211 g/mol. The minimum Gasteiger partial charge on any atom is -0.378 e. The lowest BCUT2D eigenvalue weighted by molar-refractivity contribution is 0.0329. The van der Waals surface area contributed by atoms with Gasteiger partial charge in [-0.1, -0.05) is 13.8 Å². The molecular formula is C11H21N3O. The number of hydrogen-bond acceptors (Lipinski definition) is 3. The van der Waals surface area contributed by atoms with Gasteiger partial charge in [0.1, 0.15) is 12.7 Å². The Hall–Kier alpha value is -0.900. The van der Waals surface area contributed by atoms with Gasteiger partial charge in [-0.3, -0.25) is 4.68 Å². The van der Waals surface area contributed by atoms with Crippen molar-refractivity contribution in [3.63, 3.8) is 0 Å². The molecule has 4 heteroatoms. The molecule has 0 saturated heterocycles. The van der Waals surface area contributed by atoms with Crippen molar-refractivity contribution in [3.05, 3.63) is 12.7 Å². The molecule has 0 saturated carbocycles. The van der Waals surface area contributed by atoms with Crippen molar-refractivity contribution < 1.29 is 4.74 Å². The number of aromatic nitrogens is 3. The standard InChI is InChI=1S/C11H21N3O/c1-10(2)11(3)15-7-5-4-6-14-9-12-8-13-14/h8-11H,4-7H2,1-3H3/t11-/m1/s1. The first kappa shape index (κ1) is 12.2. The smallest absolute Gasteiger partial charge is 0.137 e. The molecule has 1 rings (SSSR count). The van der Waals surface area contributed by atoms with Gasteiger partial charge in [0.25, 0.3) is 0 Å². The van der Waals surface area contributed by atoms with E-state index < -0.39 is 0 Å². The Labute approximate surface area is 91.7 Å². The Morgan fingerprint density at radius 2 is 2.07 bits per heavy atom. The number of ether oxygens (including phenoxy) is 1. The largest absolute Gasteiger partial charge is 0.378 e. The second-order valence-electron chi connectivity index (χ2n) is 4.19. The van der Waals surface area contributed by atoms with Crippen LogP contribution in [-0.2, 0) is 11.3 Å². The Kier molecular flexibility index (Phi) is 5.32. The molecule has 0 radical (unpaired) electrons. The highest BCUT2D eigenvalue weighted by Crippen LogP contribution is 2.06. The molecule has 86 valence electrons. The third-order valence-electron chi connectivity index (χ3n) is 2.57. The van der Waals surface area contributed by atoms with E-state index in [1.54, 1.807) is 12.7 Å². The van der Waals surface area contributed by atoms with Crippen LogP contribution < -0.4 is 0 Å². The summed E-state index contributed by atoms with van der Waals surface area (Å²) in [7, 11) is 0. The van der Waals surface area contributed by atoms with Gasteiger partial charge in [-0.05, 0) is 25.7 Å². The van der Waals surface area contributed by atoms with Gasteiger partial charge in [0.15, 0.2) is 0 Å². The molecule has 0 N–H and O–H groups in total. The number of aryl methyl sites for hydroxylation is 1. The lowest BCUT2D eigenvalue weighted by atomic mass is 10.1. The summed E-state index contributed by atoms with van der Waals surface area (Å²) < 4.78 is 7.53. The lowest BCUT2D eigenvalue weighted by Gasteiger charge is -2.16. The van der Waals surface area contributed by atoms with Crippen molar-refractivity contribution in [1.29, 1.82) is 0 Å². The maximum atomic E-state index is 5.68. The maximum absolute atomic E-state index is 5.68. The van der Waals surface area contributed by atoms with Crippen molar-refractivity contribution in [2.75, 3.05) is 6.61 Å². The van der Waals surface area contributed by atoms with E-state index in [1.165, 1.54) is 0 Å². The molecule has 0 aliphatic rings. The van der Waals surface area contributed by atoms with E-state index in [2.05, 4.69) is 30.9 Å². The van der Waals surface area contributed by atoms with Crippen LogP contribution in [0.1, 0.15) is 33.6 Å². The maximum Gasteiger partial charge on any atom is 0.137 e. The molecule has 0 aromatic carbocycles. The molecule has 15 heavy (non-hydrogen) atoms. The second kappa shape index (κ2) is 6.56. The van der Waals surface area contributed by atoms with Gasteiger partial charge < -0.3 is 4.74 Å². The van der Waals surface area contributed by atoms with Gasteiger partial charge in [-0.15, -0.1) is 0 Å². The summed E-state index contributed by atoms with van der Waals surface area (Å²) >= 11 is 0. The molecule has 0 spiro atoms. The van der Waals surface area contributed by atoms with Gasteiger partial charge in [0.05, 0.1) is 6.10 Å². The number of nitrogens with zero attached hydrogens (tertiary/aromatic N) is 3. The van der Waals surface area contributed by atoms with E-state index in [4.69, 9.17) is 4.74 Å². The third-order valence-corrected chi connectivity index (χ3v) is 2.57. The third kappa shape index (κ3) is 4.93. The highest BCUT2D eigenvalue weighted by molar-refractivity contribution is 4.57. The Balaban J connectivity index is 1.98. The van der Waals surface area contributed by atoms with Crippen molar-refractivity contribution in [3.8, 4) is 0 Å².